The second-order valence-electron chi connectivity index (χ2n) is 10.6. The number of methoxy groups -OCH3 is 4. The first-order chi connectivity index (χ1) is 18.3. The molecule has 0 saturated heterocycles. The lowest BCUT2D eigenvalue weighted by atomic mass is 9.87. The van der Waals surface area contributed by atoms with Gasteiger partial charge in [-0.1, -0.05) is 27.7 Å². The first-order valence-electron chi connectivity index (χ1n) is 13.8. The number of nitrogens with one attached hydrogen (secondary N) is 1. The van der Waals surface area contributed by atoms with Crippen LogP contribution >= 0.6 is 11.8 Å². The van der Waals surface area contributed by atoms with Crippen molar-refractivity contribution in [2.75, 3.05) is 91.3 Å². The highest BCUT2D eigenvalue weighted by Crippen LogP contribution is 2.48. The SMILES string of the molecule is COCCN(CCOC)C1=CC2Sc3cc(N(CCOC)CCOC)cc(C(C)C)c3NC2C(C(C)C)=C1.[Br-]. The fourth-order valence-corrected chi connectivity index (χ4v) is 6.45. The van der Waals surface area contributed by atoms with Gasteiger partial charge in [0.2, 0.25) is 0 Å². The summed E-state index contributed by atoms with van der Waals surface area (Å²) in [5, 5.41) is 4.31. The number of thioether (sulfide) groups is 1. The molecule has 7 nitrogen and oxygen atoms in total. The molecule has 2 aliphatic rings. The standard InChI is InChI=1S/C30H49N3O4S.BrH/c1-21(2)25-17-23(32(9-13-34-5)10-14-35-6)19-27-29(25)31-30-26(22(3)4)18-24(20-28(30)38-27)33(11-15-36-7)12-16-37-8;/h17-22,27,29,31H,9-16H2,1-8H3;1H/p-1. The monoisotopic (exact) mass is 626 g/mol. The van der Waals surface area contributed by atoms with Gasteiger partial charge in [-0.15, -0.1) is 11.8 Å². The van der Waals surface area contributed by atoms with Crippen LogP contribution in [0.2, 0.25) is 0 Å². The molecule has 2 atom stereocenters. The Morgan fingerprint density at radius 2 is 1.33 bits per heavy atom. The molecule has 0 aromatic heterocycles. The Kier molecular flexibility index (Phi) is 14.7. The van der Waals surface area contributed by atoms with Gasteiger partial charge in [0.25, 0.3) is 0 Å². The van der Waals surface area contributed by atoms with Crippen LogP contribution in [0.1, 0.15) is 39.2 Å². The van der Waals surface area contributed by atoms with Crippen molar-refractivity contribution in [3.05, 3.63) is 41.1 Å². The summed E-state index contributed by atoms with van der Waals surface area (Å²) < 4.78 is 21.7. The number of nitrogens with zero attached hydrogens (tertiary/aromatic N) is 2. The minimum Gasteiger partial charge on any atom is -1.00 e. The number of rotatable bonds is 16. The Morgan fingerprint density at radius 3 is 1.82 bits per heavy atom. The van der Waals surface area contributed by atoms with Gasteiger partial charge in [-0.2, -0.15) is 0 Å². The maximum atomic E-state index is 5.43. The summed E-state index contributed by atoms with van der Waals surface area (Å²) in [5.41, 5.74) is 6.60. The Balaban J connectivity index is 0.00000533. The number of allylic oxidation sites excluding steroid dienone is 1. The predicted octanol–water partition coefficient (Wildman–Crippen LogP) is 2.24. The summed E-state index contributed by atoms with van der Waals surface area (Å²) in [4.78, 5) is 6.09. The van der Waals surface area contributed by atoms with Crippen molar-refractivity contribution in [3.63, 3.8) is 0 Å². The van der Waals surface area contributed by atoms with Crippen molar-refractivity contribution in [1.29, 1.82) is 0 Å². The fraction of sp³-hybridized carbons (Fsp3) is 0.667. The molecule has 1 N–H and O–H groups in total. The Bertz CT molecular complexity index is 940. The normalized spacial score (nSPS) is 18.1. The van der Waals surface area contributed by atoms with Gasteiger partial charge < -0.3 is 51.0 Å². The van der Waals surface area contributed by atoms with E-state index in [4.69, 9.17) is 18.9 Å². The van der Waals surface area contributed by atoms with E-state index in [1.54, 1.807) is 28.4 Å². The van der Waals surface area contributed by atoms with Crippen LogP contribution in [0.3, 0.4) is 0 Å². The van der Waals surface area contributed by atoms with E-state index < -0.39 is 0 Å². The number of hydrogen-bond donors (Lipinski definition) is 1. The van der Waals surface area contributed by atoms with E-state index in [1.165, 1.54) is 33.1 Å². The van der Waals surface area contributed by atoms with E-state index in [1.807, 2.05) is 11.8 Å². The van der Waals surface area contributed by atoms with Crippen molar-refractivity contribution in [2.24, 2.45) is 5.92 Å². The summed E-state index contributed by atoms with van der Waals surface area (Å²) in [5.74, 6) is 0.840. The molecule has 1 aliphatic heterocycles. The van der Waals surface area contributed by atoms with Gasteiger partial charge in [0.05, 0.1) is 43.4 Å². The quantitative estimate of drug-likeness (QED) is 0.300. The van der Waals surface area contributed by atoms with Crippen LogP contribution in [0.25, 0.3) is 0 Å². The van der Waals surface area contributed by atoms with Crippen LogP contribution in [0.4, 0.5) is 11.4 Å². The zero-order valence-electron chi connectivity index (χ0n) is 25.1. The van der Waals surface area contributed by atoms with E-state index in [9.17, 15) is 0 Å². The molecule has 1 heterocycles. The molecule has 2 unspecified atom stereocenters. The maximum Gasteiger partial charge on any atom is 0.0638 e. The van der Waals surface area contributed by atoms with Gasteiger partial charge in [-0.25, -0.2) is 0 Å². The molecule has 0 fully saturated rings. The number of anilines is 2. The van der Waals surface area contributed by atoms with Crippen molar-refractivity contribution in [1.82, 2.24) is 4.90 Å². The zero-order chi connectivity index (χ0) is 27.7. The van der Waals surface area contributed by atoms with Gasteiger partial charge in [-0.3, -0.25) is 0 Å². The van der Waals surface area contributed by atoms with Crippen LogP contribution in [0.5, 0.6) is 0 Å². The summed E-state index contributed by atoms with van der Waals surface area (Å²) >= 11 is 1.98. The van der Waals surface area contributed by atoms with Gasteiger partial charge >= 0.3 is 0 Å². The van der Waals surface area contributed by atoms with E-state index >= 15 is 0 Å². The zero-order valence-corrected chi connectivity index (χ0v) is 27.5. The molecule has 3 rings (SSSR count). The highest BCUT2D eigenvalue weighted by molar-refractivity contribution is 8.00. The summed E-state index contributed by atoms with van der Waals surface area (Å²) in [6, 6.07) is 4.99. The second-order valence-corrected chi connectivity index (χ2v) is 11.8. The second kappa shape index (κ2) is 16.9. The van der Waals surface area contributed by atoms with Crippen LogP contribution in [0, 0.1) is 5.92 Å². The fourth-order valence-electron chi connectivity index (χ4n) is 5.11. The van der Waals surface area contributed by atoms with Crippen molar-refractivity contribution in [2.45, 2.75) is 49.8 Å². The van der Waals surface area contributed by atoms with Crippen LogP contribution in [-0.4, -0.2) is 97.2 Å². The Morgan fingerprint density at radius 1 is 0.795 bits per heavy atom. The van der Waals surface area contributed by atoms with E-state index in [2.05, 4.69) is 67.1 Å². The minimum atomic E-state index is 0. The third kappa shape index (κ3) is 8.88. The minimum absolute atomic E-state index is 0. The average molecular weight is 628 g/mol. The predicted molar refractivity (Wildman–Crippen MR) is 160 cm³/mol. The Hall–Kier alpha value is -1.23. The topological polar surface area (TPSA) is 55.4 Å². The molecule has 0 radical (unpaired) electrons. The molecular formula is C30H49BrN3O4S-. The largest absolute Gasteiger partial charge is 1.00 e. The first kappa shape index (κ1) is 34.0. The van der Waals surface area contributed by atoms with Gasteiger partial charge in [0.15, 0.2) is 0 Å². The van der Waals surface area contributed by atoms with Crippen LogP contribution < -0.4 is 27.2 Å². The lowest BCUT2D eigenvalue weighted by Gasteiger charge is -2.42. The molecule has 1 aromatic rings. The molecule has 39 heavy (non-hydrogen) atoms. The van der Waals surface area contributed by atoms with Crippen LogP contribution in [-0.2, 0) is 18.9 Å². The number of halogens is 1. The van der Waals surface area contributed by atoms with Gasteiger partial charge in [-0.05, 0) is 47.3 Å². The number of hydrogen-bond acceptors (Lipinski definition) is 8. The van der Waals surface area contributed by atoms with E-state index in [0.29, 0.717) is 43.5 Å². The van der Waals surface area contributed by atoms with Crippen molar-refractivity contribution >= 4 is 23.1 Å². The number of fused-ring (bicyclic) bond motifs is 2. The average Bonchev–Trinajstić information content (AvgIpc) is 2.90. The third-order valence-corrected chi connectivity index (χ3v) is 8.55. The molecule has 1 aliphatic carbocycles. The first-order valence-corrected chi connectivity index (χ1v) is 14.7. The Labute approximate surface area is 251 Å². The maximum absolute atomic E-state index is 5.43. The van der Waals surface area contributed by atoms with Crippen molar-refractivity contribution in [3.8, 4) is 0 Å². The number of benzene rings is 1. The highest BCUT2D eigenvalue weighted by atomic mass is 79.9. The molecule has 0 spiro atoms. The van der Waals surface area contributed by atoms with Crippen molar-refractivity contribution < 1.29 is 35.9 Å². The number of ether oxygens (including phenoxy) is 4. The molecule has 0 bridgehead atoms. The molecule has 0 saturated carbocycles. The van der Waals surface area contributed by atoms with E-state index in [-0.39, 0.29) is 23.0 Å². The third-order valence-electron chi connectivity index (χ3n) is 7.30. The molecule has 0 amide bonds. The van der Waals surface area contributed by atoms with Gasteiger partial charge in [0.1, 0.15) is 0 Å². The van der Waals surface area contributed by atoms with Crippen LogP contribution in [0.15, 0.2) is 40.5 Å². The lowest BCUT2D eigenvalue weighted by molar-refractivity contribution is -0.00000951. The molecule has 222 valence electrons. The summed E-state index contributed by atoms with van der Waals surface area (Å²) in [7, 11) is 7.05. The van der Waals surface area contributed by atoms with Gasteiger partial charge in [0, 0.05) is 70.9 Å². The smallest absolute Gasteiger partial charge is 0.0638 e. The molecule has 1 aromatic carbocycles. The highest BCUT2D eigenvalue weighted by Gasteiger charge is 2.36. The molecule has 9 heteroatoms. The molecular weight excluding hydrogens is 578 g/mol. The lowest BCUT2D eigenvalue weighted by Crippen LogP contribution is -3.00. The summed E-state index contributed by atoms with van der Waals surface area (Å²) in [6.07, 6.45) is 4.84. The summed E-state index contributed by atoms with van der Waals surface area (Å²) in [6.45, 7) is 15.3. The van der Waals surface area contributed by atoms with E-state index in [0.717, 1.165) is 26.2 Å².